The molecule has 0 aromatic carbocycles. The van der Waals surface area contributed by atoms with Crippen molar-refractivity contribution in [2.75, 3.05) is 7.05 Å². The molecule has 18 heavy (non-hydrogen) atoms. The second-order valence-electron chi connectivity index (χ2n) is 4.90. The number of carbonyl (C=O) groups excluding carboxylic acids is 1. The molecule has 0 aliphatic heterocycles. The van der Waals surface area contributed by atoms with Gasteiger partial charge in [0.2, 0.25) is 0 Å². The van der Waals surface area contributed by atoms with Gasteiger partial charge < -0.3 is 10.0 Å². The fraction of sp³-hybridized carbons (Fsp3) is 0.462. The van der Waals surface area contributed by atoms with Crippen LogP contribution in [0.1, 0.15) is 35.6 Å². The van der Waals surface area contributed by atoms with Crippen molar-refractivity contribution in [2.45, 2.75) is 33.2 Å². The largest absolute Gasteiger partial charge is 0.480 e. The molecule has 1 rings (SSSR count). The SMILES string of the molecule is Cc1cc(C)nc(C(=O)N(C)C(C)(C)C(=O)O)c1. The van der Waals surface area contributed by atoms with Gasteiger partial charge in [0.25, 0.3) is 5.91 Å². The number of pyridine rings is 1. The summed E-state index contributed by atoms with van der Waals surface area (Å²) in [6.45, 7) is 6.63. The maximum Gasteiger partial charge on any atom is 0.329 e. The van der Waals surface area contributed by atoms with Crippen LogP contribution in [0.3, 0.4) is 0 Å². The number of carbonyl (C=O) groups is 2. The average Bonchev–Trinajstić information content (AvgIpc) is 2.25. The van der Waals surface area contributed by atoms with Crippen molar-refractivity contribution in [3.63, 3.8) is 0 Å². The Labute approximate surface area is 106 Å². The summed E-state index contributed by atoms with van der Waals surface area (Å²) < 4.78 is 0. The number of rotatable bonds is 3. The second-order valence-corrected chi connectivity index (χ2v) is 4.90. The number of carboxylic acid groups (broad SMARTS) is 1. The van der Waals surface area contributed by atoms with Gasteiger partial charge in [0.05, 0.1) is 0 Å². The molecule has 0 saturated heterocycles. The number of carboxylic acids is 1. The van der Waals surface area contributed by atoms with Crippen LogP contribution < -0.4 is 0 Å². The fourth-order valence-corrected chi connectivity index (χ4v) is 1.52. The van der Waals surface area contributed by atoms with E-state index in [0.29, 0.717) is 0 Å². The number of aromatic nitrogens is 1. The van der Waals surface area contributed by atoms with Crippen molar-refractivity contribution in [1.82, 2.24) is 9.88 Å². The Hall–Kier alpha value is -1.91. The predicted octanol–water partition coefficient (Wildman–Crippen LogP) is 1.63. The second kappa shape index (κ2) is 4.76. The number of aryl methyl sites for hydroxylation is 2. The van der Waals surface area contributed by atoms with E-state index in [9.17, 15) is 9.59 Å². The minimum atomic E-state index is -1.27. The molecule has 0 aliphatic carbocycles. The minimum Gasteiger partial charge on any atom is -0.480 e. The standard InChI is InChI=1S/C13H18N2O3/c1-8-6-9(2)14-10(7-8)11(16)15(5)13(3,4)12(17)18/h6-7H,1-5H3,(H,17,18). The molecule has 0 atom stereocenters. The van der Waals surface area contributed by atoms with Crippen molar-refractivity contribution in [1.29, 1.82) is 0 Å². The Kier molecular flexibility index (Phi) is 3.74. The van der Waals surface area contributed by atoms with E-state index in [2.05, 4.69) is 4.98 Å². The number of nitrogens with zero attached hydrogens (tertiary/aromatic N) is 2. The molecule has 1 aromatic heterocycles. The topological polar surface area (TPSA) is 70.5 Å². The lowest BCUT2D eigenvalue weighted by Crippen LogP contribution is -2.51. The van der Waals surface area contributed by atoms with Crippen LogP contribution in [-0.2, 0) is 4.79 Å². The third-order valence-electron chi connectivity index (χ3n) is 2.98. The molecule has 1 N–H and O–H groups in total. The predicted molar refractivity (Wildman–Crippen MR) is 67.5 cm³/mol. The molecule has 1 aromatic rings. The van der Waals surface area contributed by atoms with Gasteiger partial charge in [-0.3, -0.25) is 4.79 Å². The summed E-state index contributed by atoms with van der Waals surface area (Å²) in [6.07, 6.45) is 0. The molecule has 98 valence electrons. The molecule has 1 heterocycles. The molecule has 0 spiro atoms. The molecule has 5 nitrogen and oxygen atoms in total. The van der Waals surface area contributed by atoms with Gasteiger partial charge in [0.1, 0.15) is 11.2 Å². The van der Waals surface area contributed by atoms with Gasteiger partial charge in [-0.05, 0) is 45.4 Å². The lowest BCUT2D eigenvalue weighted by molar-refractivity contribution is -0.147. The Balaban J connectivity index is 3.11. The first-order valence-electron chi connectivity index (χ1n) is 5.63. The molecule has 5 heteroatoms. The summed E-state index contributed by atoms with van der Waals surface area (Å²) in [5.41, 5.74) is 0.660. The van der Waals surface area contributed by atoms with Gasteiger partial charge in [-0.15, -0.1) is 0 Å². The van der Waals surface area contributed by atoms with E-state index in [1.807, 2.05) is 13.0 Å². The van der Waals surface area contributed by atoms with Crippen LogP contribution in [0.4, 0.5) is 0 Å². The summed E-state index contributed by atoms with van der Waals surface area (Å²) in [5, 5.41) is 9.10. The van der Waals surface area contributed by atoms with E-state index in [1.165, 1.54) is 25.8 Å². The quantitative estimate of drug-likeness (QED) is 0.885. The molecular weight excluding hydrogens is 232 g/mol. The normalized spacial score (nSPS) is 11.2. The highest BCUT2D eigenvalue weighted by molar-refractivity contribution is 5.96. The fourth-order valence-electron chi connectivity index (χ4n) is 1.52. The zero-order chi connectivity index (χ0) is 14.1. The maximum atomic E-state index is 12.2. The van der Waals surface area contributed by atoms with E-state index in [1.54, 1.807) is 13.0 Å². The molecule has 0 saturated carbocycles. The summed E-state index contributed by atoms with van der Waals surface area (Å²) in [4.78, 5) is 28.7. The molecular formula is C13H18N2O3. The van der Waals surface area contributed by atoms with Crippen LogP contribution in [0, 0.1) is 13.8 Å². The first-order chi connectivity index (χ1) is 8.16. The van der Waals surface area contributed by atoms with Crippen molar-refractivity contribution >= 4 is 11.9 Å². The minimum absolute atomic E-state index is 0.268. The third kappa shape index (κ3) is 2.67. The highest BCUT2D eigenvalue weighted by Crippen LogP contribution is 2.16. The van der Waals surface area contributed by atoms with Gasteiger partial charge in [-0.2, -0.15) is 0 Å². The summed E-state index contributed by atoms with van der Waals surface area (Å²) >= 11 is 0. The van der Waals surface area contributed by atoms with Crippen LogP contribution in [0.15, 0.2) is 12.1 Å². The number of amides is 1. The lowest BCUT2D eigenvalue weighted by Gasteiger charge is -2.31. The molecule has 0 fully saturated rings. The summed E-state index contributed by atoms with van der Waals surface area (Å²) in [5.74, 6) is -1.45. The number of aliphatic carboxylic acids is 1. The Morgan fingerprint density at radius 2 is 1.83 bits per heavy atom. The Bertz CT molecular complexity index is 475. The van der Waals surface area contributed by atoms with E-state index in [-0.39, 0.29) is 5.69 Å². The van der Waals surface area contributed by atoms with Crippen molar-refractivity contribution < 1.29 is 14.7 Å². The Morgan fingerprint density at radius 3 is 2.28 bits per heavy atom. The van der Waals surface area contributed by atoms with Crippen LogP contribution in [-0.4, -0.2) is 39.5 Å². The first kappa shape index (κ1) is 14.2. The molecule has 0 unspecified atom stereocenters. The maximum absolute atomic E-state index is 12.2. The number of likely N-dealkylation sites (N-methyl/N-ethyl adjacent to an activating group) is 1. The zero-order valence-electron chi connectivity index (χ0n) is 11.3. The van der Waals surface area contributed by atoms with Gasteiger partial charge in [-0.25, -0.2) is 9.78 Å². The highest BCUT2D eigenvalue weighted by atomic mass is 16.4. The van der Waals surface area contributed by atoms with Crippen LogP contribution in [0.2, 0.25) is 0 Å². The van der Waals surface area contributed by atoms with E-state index < -0.39 is 17.4 Å². The smallest absolute Gasteiger partial charge is 0.329 e. The van der Waals surface area contributed by atoms with Crippen LogP contribution in [0.5, 0.6) is 0 Å². The molecule has 0 aliphatic rings. The Morgan fingerprint density at radius 1 is 1.28 bits per heavy atom. The monoisotopic (exact) mass is 250 g/mol. The van der Waals surface area contributed by atoms with Crippen LogP contribution >= 0.6 is 0 Å². The zero-order valence-corrected chi connectivity index (χ0v) is 11.3. The summed E-state index contributed by atoms with van der Waals surface area (Å²) in [6, 6.07) is 3.52. The first-order valence-corrected chi connectivity index (χ1v) is 5.63. The van der Waals surface area contributed by atoms with E-state index in [0.717, 1.165) is 11.3 Å². The van der Waals surface area contributed by atoms with Gasteiger partial charge in [0, 0.05) is 12.7 Å². The lowest BCUT2D eigenvalue weighted by atomic mass is 10.0. The molecule has 0 bridgehead atoms. The van der Waals surface area contributed by atoms with Crippen molar-refractivity contribution in [3.8, 4) is 0 Å². The third-order valence-corrected chi connectivity index (χ3v) is 2.98. The van der Waals surface area contributed by atoms with Gasteiger partial charge >= 0.3 is 5.97 Å². The number of hydrogen-bond donors (Lipinski definition) is 1. The summed E-state index contributed by atoms with van der Waals surface area (Å²) in [7, 11) is 1.47. The van der Waals surface area contributed by atoms with E-state index >= 15 is 0 Å². The van der Waals surface area contributed by atoms with Crippen LogP contribution in [0.25, 0.3) is 0 Å². The molecule has 1 amide bonds. The average molecular weight is 250 g/mol. The van der Waals surface area contributed by atoms with Crippen molar-refractivity contribution in [2.24, 2.45) is 0 Å². The highest BCUT2D eigenvalue weighted by Gasteiger charge is 2.36. The van der Waals surface area contributed by atoms with Crippen molar-refractivity contribution in [3.05, 3.63) is 29.1 Å². The number of hydrogen-bond acceptors (Lipinski definition) is 3. The molecule has 0 radical (unpaired) electrons. The van der Waals surface area contributed by atoms with Gasteiger partial charge in [0.15, 0.2) is 0 Å². The van der Waals surface area contributed by atoms with E-state index in [4.69, 9.17) is 5.11 Å². The van der Waals surface area contributed by atoms with Gasteiger partial charge in [-0.1, -0.05) is 0 Å².